The average Bonchev–Trinajstić information content (AvgIpc) is 3.31. The summed E-state index contributed by atoms with van der Waals surface area (Å²) in [6, 6.07) is 37.8. The molecule has 0 atom stereocenters. The summed E-state index contributed by atoms with van der Waals surface area (Å²) in [5, 5.41) is 0. The van der Waals surface area contributed by atoms with E-state index >= 15 is 0 Å². The quantitative estimate of drug-likeness (QED) is 0.273. The SMILES string of the molecule is c1ccc(-c2cccc(N3c4cc(C5=Nc6ccccc6C5)ccc4COc4ccccc43)c2)nc1. The predicted molar refractivity (Wildman–Crippen MR) is 145 cm³/mol. The first-order valence-corrected chi connectivity index (χ1v) is 12.2. The monoisotopic (exact) mass is 465 g/mol. The van der Waals surface area contributed by atoms with Gasteiger partial charge in [-0.3, -0.25) is 9.98 Å². The predicted octanol–water partition coefficient (Wildman–Crippen LogP) is 7.79. The molecule has 172 valence electrons. The van der Waals surface area contributed by atoms with Gasteiger partial charge in [0, 0.05) is 29.4 Å². The lowest BCUT2D eigenvalue weighted by Gasteiger charge is -2.27. The van der Waals surface area contributed by atoms with Crippen molar-refractivity contribution in [1.82, 2.24) is 4.98 Å². The number of benzene rings is 4. The fraction of sp³-hybridized carbons (Fsp3) is 0.0625. The van der Waals surface area contributed by atoms with Crippen LogP contribution in [0, 0.1) is 0 Å². The molecule has 4 nitrogen and oxygen atoms in total. The lowest BCUT2D eigenvalue weighted by Crippen LogP contribution is -2.12. The van der Waals surface area contributed by atoms with Crippen LogP contribution in [0.25, 0.3) is 11.3 Å². The van der Waals surface area contributed by atoms with Gasteiger partial charge in [0.2, 0.25) is 0 Å². The van der Waals surface area contributed by atoms with Crippen molar-refractivity contribution in [2.24, 2.45) is 4.99 Å². The molecule has 0 bridgehead atoms. The van der Waals surface area contributed by atoms with Gasteiger partial charge in [-0.15, -0.1) is 0 Å². The summed E-state index contributed by atoms with van der Waals surface area (Å²) in [5.74, 6) is 0.865. The molecule has 4 aromatic carbocycles. The summed E-state index contributed by atoms with van der Waals surface area (Å²) in [6.07, 6.45) is 2.68. The molecule has 0 fully saturated rings. The number of fused-ring (bicyclic) bond motifs is 3. The summed E-state index contributed by atoms with van der Waals surface area (Å²) < 4.78 is 6.27. The number of para-hydroxylation sites is 3. The second-order valence-corrected chi connectivity index (χ2v) is 9.06. The highest BCUT2D eigenvalue weighted by molar-refractivity contribution is 6.07. The van der Waals surface area contributed by atoms with Crippen LogP contribution in [0.5, 0.6) is 5.75 Å². The smallest absolute Gasteiger partial charge is 0.143 e. The zero-order valence-corrected chi connectivity index (χ0v) is 19.6. The third kappa shape index (κ3) is 3.55. The van der Waals surface area contributed by atoms with Crippen LogP contribution in [0.1, 0.15) is 16.7 Å². The fourth-order valence-corrected chi connectivity index (χ4v) is 5.04. The molecule has 2 aliphatic heterocycles. The van der Waals surface area contributed by atoms with E-state index in [4.69, 9.17) is 9.73 Å². The van der Waals surface area contributed by atoms with Crippen molar-refractivity contribution in [3.63, 3.8) is 0 Å². The second-order valence-electron chi connectivity index (χ2n) is 9.06. The first-order valence-electron chi connectivity index (χ1n) is 12.2. The number of hydrogen-bond donors (Lipinski definition) is 0. The Labute approximate surface area is 210 Å². The molecular weight excluding hydrogens is 442 g/mol. The van der Waals surface area contributed by atoms with E-state index in [2.05, 4.69) is 82.7 Å². The zero-order valence-electron chi connectivity index (χ0n) is 19.6. The van der Waals surface area contributed by atoms with Gasteiger partial charge in [-0.05, 0) is 59.7 Å². The van der Waals surface area contributed by atoms with E-state index in [0.717, 1.165) is 63.0 Å². The van der Waals surface area contributed by atoms with Crippen LogP contribution < -0.4 is 9.64 Å². The van der Waals surface area contributed by atoms with Crippen LogP contribution in [0.15, 0.2) is 120 Å². The molecule has 0 unspecified atom stereocenters. The van der Waals surface area contributed by atoms with Crippen molar-refractivity contribution >= 4 is 28.5 Å². The molecule has 0 spiro atoms. The number of aliphatic imine (C=N–C) groups is 1. The lowest BCUT2D eigenvalue weighted by atomic mass is 10.0. The third-order valence-corrected chi connectivity index (χ3v) is 6.82. The number of anilines is 3. The molecule has 4 heteroatoms. The van der Waals surface area contributed by atoms with Gasteiger partial charge in [0.1, 0.15) is 12.4 Å². The van der Waals surface area contributed by atoms with Gasteiger partial charge in [-0.2, -0.15) is 0 Å². The minimum atomic E-state index is 0.510. The molecule has 7 rings (SSSR count). The Bertz CT molecular complexity index is 1620. The molecule has 5 aromatic rings. The molecule has 3 heterocycles. The summed E-state index contributed by atoms with van der Waals surface area (Å²) >= 11 is 0. The van der Waals surface area contributed by atoms with Crippen LogP contribution in [-0.2, 0) is 13.0 Å². The van der Waals surface area contributed by atoms with Crippen molar-refractivity contribution in [2.45, 2.75) is 13.0 Å². The van der Waals surface area contributed by atoms with Gasteiger partial charge in [-0.1, -0.05) is 60.7 Å². The largest absolute Gasteiger partial charge is 0.487 e. The van der Waals surface area contributed by atoms with E-state index in [1.54, 1.807) is 0 Å². The molecule has 36 heavy (non-hydrogen) atoms. The van der Waals surface area contributed by atoms with Crippen LogP contribution in [-0.4, -0.2) is 10.7 Å². The fourth-order valence-electron chi connectivity index (χ4n) is 5.04. The molecule has 0 N–H and O–H groups in total. The summed E-state index contributed by atoms with van der Waals surface area (Å²) in [6.45, 7) is 0.510. The van der Waals surface area contributed by atoms with Crippen LogP contribution in [0.2, 0.25) is 0 Å². The van der Waals surface area contributed by atoms with Crippen LogP contribution in [0.3, 0.4) is 0 Å². The molecule has 0 aliphatic carbocycles. The van der Waals surface area contributed by atoms with Crippen molar-refractivity contribution in [3.8, 4) is 17.0 Å². The Morgan fingerprint density at radius 2 is 1.56 bits per heavy atom. The maximum absolute atomic E-state index is 6.27. The Hall–Kier alpha value is -4.70. The van der Waals surface area contributed by atoms with Gasteiger partial charge in [-0.25, -0.2) is 0 Å². The molecule has 0 radical (unpaired) electrons. The Kier molecular flexibility index (Phi) is 4.88. The van der Waals surface area contributed by atoms with Gasteiger partial charge < -0.3 is 9.64 Å². The topological polar surface area (TPSA) is 37.7 Å². The summed E-state index contributed by atoms with van der Waals surface area (Å²) in [4.78, 5) is 11.8. The lowest BCUT2D eigenvalue weighted by molar-refractivity contribution is 0.310. The Morgan fingerprint density at radius 1 is 0.667 bits per heavy atom. The van der Waals surface area contributed by atoms with Crippen molar-refractivity contribution in [1.29, 1.82) is 0 Å². The van der Waals surface area contributed by atoms with Gasteiger partial charge in [0.05, 0.1) is 28.5 Å². The third-order valence-electron chi connectivity index (χ3n) is 6.82. The highest BCUT2D eigenvalue weighted by Gasteiger charge is 2.25. The second kappa shape index (κ2) is 8.51. The average molecular weight is 466 g/mol. The number of rotatable bonds is 3. The summed E-state index contributed by atoms with van der Waals surface area (Å²) in [7, 11) is 0. The number of ether oxygens (including phenoxy) is 1. The highest BCUT2D eigenvalue weighted by Crippen LogP contribution is 2.45. The number of hydrogen-bond acceptors (Lipinski definition) is 4. The van der Waals surface area contributed by atoms with E-state index in [1.807, 2.05) is 42.6 Å². The number of pyridine rings is 1. The first kappa shape index (κ1) is 20.7. The van der Waals surface area contributed by atoms with E-state index in [0.29, 0.717) is 6.61 Å². The number of nitrogens with zero attached hydrogens (tertiary/aromatic N) is 3. The molecular formula is C32H23N3O. The Balaban J connectivity index is 1.39. The van der Waals surface area contributed by atoms with E-state index < -0.39 is 0 Å². The van der Waals surface area contributed by atoms with Crippen LogP contribution in [0.4, 0.5) is 22.7 Å². The van der Waals surface area contributed by atoms with Gasteiger partial charge >= 0.3 is 0 Å². The highest BCUT2D eigenvalue weighted by atomic mass is 16.5. The van der Waals surface area contributed by atoms with E-state index in [9.17, 15) is 0 Å². The minimum Gasteiger partial charge on any atom is -0.487 e. The van der Waals surface area contributed by atoms with E-state index in [-0.39, 0.29) is 0 Å². The van der Waals surface area contributed by atoms with Crippen LogP contribution >= 0.6 is 0 Å². The molecule has 0 saturated carbocycles. The molecule has 2 aliphatic rings. The molecule has 0 amide bonds. The summed E-state index contributed by atoms with van der Waals surface area (Å²) in [5.41, 5.74) is 10.9. The van der Waals surface area contributed by atoms with Crippen molar-refractivity contribution in [3.05, 3.63) is 132 Å². The molecule has 1 aromatic heterocycles. The zero-order chi connectivity index (χ0) is 23.9. The number of aromatic nitrogens is 1. The standard InChI is InChI=1S/C32H23N3O/c1-2-12-28-23(8-1)19-29(34-28)24-15-16-25-21-36-32-14-4-3-13-30(32)35(31(25)20-24)26-10-7-9-22(18-26)27-11-5-6-17-33-27/h1-18,20H,19,21H2. The minimum absolute atomic E-state index is 0.510. The Morgan fingerprint density at radius 3 is 2.47 bits per heavy atom. The van der Waals surface area contributed by atoms with E-state index in [1.165, 1.54) is 5.56 Å². The maximum Gasteiger partial charge on any atom is 0.143 e. The van der Waals surface area contributed by atoms with Gasteiger partial charge in [0.25, 0.3) is 0 Å². The van der Waals surface area contributed by atoms with Gasteiger partial charge in [0.15, 0.2) is 0 Å². The normalized spacial score (nSPS) is 13.7. The molecule has 0 saturated heterocycles. The van der Waals surface area contributed by atoms with Crippen molar-refractivity contribution in [2.75, 3.05) is 4.90 Å². The first-order chi connectivity index (χ1) is 17.8. The maximum atomic E-state index is 6.27. The van der Waals surface area contributed by atoms with Crippen molar-refractivity contribution < 1.29 is 4.74 Å².